The van der Waals surface area contributed by atoms with Gasteiger partial charge in [-0.2, -0.15) is 0 Å². The highest BCUT2D eigenvalue weighted by atomic mass is 35.5. The van der Waals surface area contributed by atoms with Crippen molar-refractivity contribution in [3.63, 3.8) is 0 Å². The Kier molecular flexibility index (Phi) is 3.07. The van der Waals surface area contributed by atoms with Gasteiger partial charge in [-0.15, -0.1) is 0 Å². The lowest BCUT2D eigenvalue weighted by Crippen LogP contribution is -2.06. The summed E-state index contributed by atoms with van der Waals surface area (Å²) in [7, 11) is 0. The lowest BCUT2D eigenvalue weighted by atomic mass is 10.1. The molecule has 7 heteroatoms. The van der Waals surface area contributed by atoms with Gasteiger partial charge in [-0.3, -0.25) is 14.3 Å². The molecule has 2 aliphatic carbocycles. The van der Waals surface area contributed by atoms with Crippen LogP contribution in [0.5, 0.6) is 0 Å². The smallest absolute Gasteiger partial charge is 0.381 e. The van der Waals surface area contributed by atoms with E-state index in [0.717, 1.165) is 18.5 Å². The van der Waals surface area contributed by atoms with Gasteiger partial charge in [-0.25, -0.2) is 4.79 Å². The Morgan fingerprint density at radius 2 is 2.23 bits per heavy atom. The van der Waals surface area contributed by atoms with Gasteiger partial charge in [0.15, 0.2) is 11.6 Å². The number of nitrogens with one attached hydrogen (secondary N) is 2. The molecule has 2 saturated carbocycles. The molecular formula is C15H14ClN3O3. The minimum Gasteiger partial charge on any atom is -0.381 e. The maximum Gasteiger partial charge on any atom is 0.438 e. The van der Waals surface area contributed by atoms with Crippen molar-refractivity contribution in [1.29, 1.82) is 0 Å². The number of H-pyrrole nitrogens is 1. The molecule has 1 heterocycles. The van der Waals surface area contributed by atoms with Crippen LogP contribution in [0.2, 0.25) is 5.02 Å². The monoisotopic (exact) mass is 319 g/mol. The molecule has 0 spiro atoms. The molecule has 22 heavy (non-hydrogen) atoms. The summed E-state index contributed by atoms with van der Waals surface area (Å²) in [5, 5.41) is 7.53. The first-order valence-electron chi connectivity index (χ1n) is 7.28. The van der Waals surface area contributed by atoms with Gasteiger partial charge in [0.25, 0.3) is 0 Å². The summed E-state index contributed by atoms with van der Waals surface area (Å²) in [5.41, 5.74) is 1.46. The maximum absolute atomic E-state index is 12.5. The first kappa shape index (κ1) is 13.6. The molecule has 2 aromatic rings. The van der Waals surface area contributed by atoms with E-state index in [4.69, 9.17) is 11.6 Å². The SMILES string of the molecule is O=C(c1ccc(NC2CC2)c(Cl)c1)[C@H]1C[C@@H]1c1noc(=O)[nH]1. The summed E-state index contributed by atoms with van der Waals surface area (Å²) in [4.78, 5) is 25.9. The Labute approximate surface area is 130 Å². The van der Waals surface area contributed by atoms with Crippen molar-refractivity contribution in [2.45, 2.75) is 31.2 Å². The summed E-state index contributed by atoms with van der Waals surface area (Å²) in [5.74, 6) is -0.358. The van der Waals surface area contributed by atoms with Crippen LogP contribution in [-0.2, 0) is 0 Å². The first-order chi connectivity index (χ1) is 10.6. The highest BCUT2D eigenvalue weighted by molar-refractivity contribution is 6.33. The fraction of sp³-hybridized carbons (Fsp3) is 0.400. The highest BCUT2D eigenvalue weighted by Gasteiger charge is 2.46. The number of carbonyl (C=O) groups is 1. The van der Waals surface area contributed by atoms with Gasteiger partial charge in [0.05, 0.1) is 10.7 Å². The Bertz CT molecular complexity index is 793. The molecule has 6 nitrogen and oxygen atoms in total. The second-order valence-electron chi connectivity index (χ2n) is 5.91. The third-order valence-electron chi connectivity index (χ3n) is 4.13. The second-order valence-corrected chi connectivity index (χ2v) is 6.31. The minimum atomic E-state index is -0.591. The summed E-state index contributed by atoms with van der Waals surface area (Å²) in [6.07, 6.45) is 2.99. The van der Waals surface area contributed by atoms with E-state index in [9.17, 15) is 9.59 Å². The van der Waals surface area contributed by atoms with Crippen molar-refractivity contribution in [2.24, 2.45) is 5.92 Å². The predicted molar refractivity (Wildman–Crippen MR) is 80.4 cm³/mol. The van der Waals surface area contributed by atoms with Crippen LogP contribution in [0.4, 0.5) is 5.69 Å². The van der Waals surface area contributed by atoms with Gasteiger partial charge < -0.3 is 5.32 Å². The third kappa shape index (κ3) is 2.54. The summed E-state index contributed by atoms with van der Waals surface area (Å²) >= 11 is 6.24. The van der Waals surface area contributed by atoms with Crippen molar-refractivity contribution < 1.29 is 9.32 Å². The molecule has 2 N–H and O–H groups in total. The minimum absolute atomic E-state index is 0.0220. The van der Waals surface area contributed by atoms with E-state index in [-0.39, 0.29) is 17.6 Å². The third-order valence-corrected chi connectivity index (χ3v) is 4.44. The standard InChI is InChI=1S/C15H14ClN3O3/c16-11-5-7(1-4-12(11)17-8-2-3-8)13(20)9-6-10(9)14-18-15(21)22-19-14/h1,4-5,8-10,17H,2-3,6H2,(H,18,19,21)/t9-,10-/m0/s1. The van der Waals surface area contributed by atoms with Gasteiger partial charge in [0, 0.05) is 23.4 Å². The van der Waals surface area contributed by atoms with E-state index in [0.29, 0.717) is 28.9 Å². The van der Waals surface area contributed by atoms with Gasteiger partial charge in [-0.05, 0) is 37.5 Å². The van der Waals surface area contributed by atoms with E-state index < -0.39 is 5.76 Å². The Balaban J connectivity index is 1.49. The Morgan fingerprint density at radius 3 is 2.86 bits per heavy atom. The largest absolute Gasteiger partial charge is 0.438 e. The molecule has 1 aromatic heterocycles. The molecule has 2 fully saturated rings. The average Bonchev–Trinajstić information content (AvgIpc) is 3.41. The molecule has 0 amide bonds. The fourth-order valence-corrected chi connectivity index (χ4v) is 2.87. The van der Waals surface area contributed by atoms with Gasteiger partial charge >= 0.3 is 5.76 Å². The van der Waals surface area contributed by atoms with Gasteiger partial charge in [0.2, 0.25) is 0 Å². The van der Waals surface area contributed by atoms with Gasteiger partial charge in [0.1, 0.15) is 0 Å². The summed E-state index contributed by atoms with van der Waals surface area (Å²) in [6.45, 7) is 0. The number of benzene rings is 1. The van der Waals surface area contributed by atoms with E-state index in [1.807, 2.05) is 6.07 Å². The Hall–Kier alpha value is -2.08. The average molecular weight is 320 g/mol. The van der Waals surface area contributed by atoms with Crippen LogP contribution in [0.3, 0.4) is 0 Å². The lowest BCUT2D eigenvalue weighted by molar-refractivity contribution is 0.0964. The van der Waals surface area contributed by atoms with Gasteiger partial charge in [-0.1, -0.05) is 16.8 Å². The van der Waals surface area contributed by atoms with Crippen LogP contribution in [0, 0.1) is 5.92 Å². The second kappa shape index (κ2) is 4.98. The van der Waals surface area contributed by atoms with Crippen LogP contribution in [0.1, 0.15) is 41.4 Å². The van der Waals surface area contributed by atoms with Crippen molar-refractivity contribution >= 4 is 23.1 Å². The molecule has 0 unspecified atom stereocenters. The van der Waals surface area contributed by atoms with E-state index in [1.54, 1.807) is 12.1 Å². The number of aromatic amines is 1. The molecule has 114 valence electrons. The van der Waals surface area contributed by atoms with Crippen LogP contribution in [0.25, 0.3) is 0 Å². The van der Waals surface area contributed by atoms with Crippen LogP contribution < -0.4 is 11.1 Å². The molecule has 2 aliphatic rings. The Morgan fingerprint density at radius 1 is 1.41 bits per heavy atom. The highest BCUT2D eigenvalue weighted by Crippen LogP contribution is 2.47. The topological polar surface area (TPSA) is 88.0 Å². The number of hydrogen-bond acceptors (Lipinski definition) is 5. The van der Waals surface area contributed by atoms with Crippen molar-refractivity contribution in [3.05, 3.63) is 45.2 Å². The van der Waals surface area contributed by atoms with Crippen LogP contribution >= 0.6 is 11.6 Å². The summed E-state index contributed by atoms with van der Waals surface area (Å²) < 4.78 is 4.48. The number of aromatic nitrogens is 2. The number of rotatable bonds is 5. The fourth-order valence-electron chi connectivity index (χ4n) is 2.64. The van der Waals surface area contributed by atoms with Crippen molar-refractivity contribution in [1.82, 2.24) is 10.1 Å². The number of Topliss-reactive ketones (excluding diaryl/α,β-unsaturated/α-hetero) is 1. The quantitative estimate of drug-likeness (QED) is 0.827. The first-order valence-corrected chi connectivity index (χ1v) is 7.66. The van der Waals surface area contributed by atoms with Crippen molar-refractivity contribution in [3.8, 4) is 0 Å². The summed E-state index contributed by atoms with van der Waals surface area (Å²) in [6, 6.07) is 5.86. The molecule has 0 aliphatic heterocycles. The predicted octanol–water partition coefficient (Wildman–Crippen LogP) is 2.58. The van der Waals surface area contributed by atoms with Crippen LogP contribution in [0.15, 0.2) is 27.5 Å². The number of ketones is 1. The van der Waals surface area contributed by atoms with Crippen LogP contribution in [-0.4, -0.2) is 22.0 Å². The zero-order chi connectivity index (χ0) is 15.3. The number of nitrogens with zero attached hydrogens (tertiary/aromatic N) is 1. The molecule has 0 bridgehead atoms. The maximum atomic E-state index is 12.5. The number of halogens is 1. The number of carbonyl (C=O) groups excluding carboxylic acids is 1. The molecule has 0 saturated heterocycles. The van der Waals surface area contributed by atoms with E-state index >= 15 is 0 Å². The number of hydrogen-bond donors (Lipinski definition) is 2. The normalized spacial score (nSPS) is 23.3. The number of anilines is 1. The zero-order valence-electron chi connectivity index (χ0n) is 11.6. The molecular weight excluding hydrogens is 306 g/mol. The molecule has 0 radical (unpaired) electrons. The van der Waals surface area contributed by atoms with Crippen molar-refractivity contribution in [2.75, 3.05) is 5.32 Å². The lowest BCUT2D eigenvalue weighted by Gasteiger charge is -2.08. The zero-order valence-corrected chi connectivity index (χ0v) is 12.4. The van der Waals surface area contributed by atoms with E-state index in [1.165, 1.54) is 0 Å². The molecule has 2 atom stereocenters. The molecule has 4 rings (SSSR count). The molecule has 1 aromatic carbocycles. The van der Waals surface area contributed by atoms with E-state index in [2.05, 4.69) is 20.0 Å².